The van der Waals surface area contributed by atoms with Gasteiger partial charge in [-0.15, -0.1) is 0 Å². The van der Waals surface area contributed by atoms with Crippen molar-refractivity contribution in [2.24, 2.45) is 0 Å². The molecule has 0 aromatic carbocycles. The van der Waals surface area contributed by atoms with Gasteiger partial charge in [0.1, 0.15) is 12.0 Å². The van der Waals surface area contributed by atoms with Crippen LogP contribution >= 0.6 is 0 Å². The second-order valence-electron chi connectivity index (χ2n) is 2.23. The highest BCUT2D eigenvalue weighted by Crippen LogP contribution is 2.25. The third kappa shape index (κ3) is 1.58. The molecule has 12 heavy (non-hydrogen) atoms. The normalized spacial score (nSPS) is 11.6. The summed E-state index contributed by atoms with van der Waals surface area (Å²) in [4.78, 5) is 13.2. The van der Waals surface area contributed by atoms with E-state index in [1.807, 2.05) is 0 Å². The van der Waals surface area contributed by atoms with Crippen molar-refractivity contribution < 1.29 is 23.1 Å². The number of oxazole rings is 1. The molecular weight excluding hydrogens is 172 g/mol. The first-order chi connectivity index (χ1) is 5.41. The average molecular weight is 177 g/mol. The number of carboxylic acids is 1. The maximum atomic E-state index is 12.4. The number of rotatable bonds is 2. The molecule has 0 radical (unpaired) electrons. The molecular formula is C6H5F2NO3. The van der Waals surface area contributed by atoms with Gasteiger partial charge in [-0.2, -0.15) is 8.78 Å². The van der Waals surface area contributed by atoms with Gasteiger partial charge in [0.05, 0.1) is 0 Å². The van der Waals surface area contributed by atoms with Crippen LogP contribution in [-0.2, 0) is 5.92 Å². The third-order valence-corrected chi connectivity index (χ3v) is 1.14. The van der Waals surface area contributed by atoms with Crippen LogP contribution in [0.4, 0.5) is 8.78 Å². The summed E-state index contributed by atoms with van der Waals surface area (Å²) < 4.78 is 29.1. The van der Waals surface area contributed by atoms with Crippen LogP contribution in [0.3, 0.4) is 0 Å². The first-order valence-electron chi connectivity index (χ1n) is 2.98. The molecule has 0 aliphatic rings. The molecule has 0 saturated carbocycles. The summed E-state index contributed by atoms with van der Waals surface area (Å²) in [6.07, 6.45) is 0.628. The second-order valence-corrected chi connectivity index (χ2v) is 2.23. The topological polar surface area (TPSA) is 63.3 Å². The zero-order chi connectivity index (χ0) is 9.35. The third-order valence-electron chi connectivity index (χ3n) is 1.14. The van der Waals surface area contributed by atoms with Crippen molar-refractivity contribution in [1.82, 2.24) is 4.98 Å². The van der Waals surface area contributed by atoms with Crippen molar-refractivity contribution in [3.8, 4) is 0 Å². The van der Waals surface area contributed by atoms with E-state index in [0.717, 1.165) is 0 Å². The van der Waals surface area contributed by atoms with Crippen LogP contribution in [-0.4, -0.2) is 16.1 Å². The summed E-state index contributed by atoms with van der Waals surface area (Å²) in [6.45, 7) is 0.608. The monoisotopic (exact) mass is 177 g/mol. The fourth-order valence-electron chi connectivity index (χ4n) is 0.574. The van der Waals surface area contributed by atoms with Gasteiger partial charge in [0.15, 0.2) is 0 Å². The van der Waals surface area contributed by atoms with E-state index in [4.69, 9.17) is 5.11 Å². The highest BCUT2D eigenvalue weighted by atomic mass is 19.3. The Kier molecular flexibility index (Phi) is 1.83. The molecule has 0 aliphatic heterocycles. The van der Waals surface area contributed by atoms with Gasteiger partial charge in [0, 0.05) is 6.92 Å². The summed E-state index contributed by atoms with van der Waals surface area (Å²) in [5, 5.41) is 8.26. The van der Waals surface area contributed by atoms with E-state index in [-0.39, 0.29) is 0 Å². The number of aromatic carboxylic acids is 1. The lowest BCUT2D eigenvalue weighted by molar-refractivity contribution is 0.0127. The highest BCUT2D eigenvalue weighted by Gasteiger charge is 2.29. The SMILES string of the molecule is CC(F)(F)c1coc(C(=O)O)n1. The minimum Gasteiger partial charge on any atom is -0.474 e. The van der Waals surface area contributed by atoms with E-state index >= 15 is 0 Å². The van der Waals surface area contributed by atoms with Crippen molar-refractivity contribution in [2.45, 2.75) is 12.8 Å². The van der Waals surface area contributed by atoms with Crippen LogP contribution in [0.2, 0.25) is 0 Å². The Balaban J connectivity index is 3.00. The van der Waals surface area contributed by atoms with Crippen molar-refractivity contribution >= 4 is 5.97 Å². The zero-order valence-electron chi connectivity index (χ0n) is 6.04. The number of halogens is 2. The Morgan fingerprint density at radius 2 is 2.33 bits per heavy atom. The number of aromatic nitrogens is 1. The minimum absolute atomic E-state index is 0.608. The van der Waals surface area contributed by atoms with E-state index in [1.165, 1.54) is 0 Å². The van der Waals surface area contributed by atoms with E-state index in [1.54, 1.807) is 0 Å². The van der Waals surface area contributed by atoms with Gasteiger partial charge in [-0.1, -0.05) is 0 Å². The molecule has 4 nitrogen and oxygen atoms in total. The summed E-state index contributed by atoms with van der Waals surface area (Å²) in [5.74, 6) is -5.37. The van der Waals surface area contributed by atoms with Gasteiger partial charge < -0.3 is 9.52 Å². The fourth-order valence-corrected chi connectivity index (χ4v) is 0.574. The molecule has 1 aromatic heterocycles. The van der Waals surface area contributed by atoms with Crippen molar-refractivity contribution in [3.05, 3.63) is 17.8 Å². The smallest absolute Gasteiger partial charge is 0.392 e. The lowest BCUT2D eigenvalue weighted by Crippen LogP contribution is -2.08. The number of carboxylic acid groups (broad SMARTS) is 1. The molecule has 0 fully saturated rings. The summed E-state index contributed by atoms with van der Waals surface area (Å²) in [7, 11) is 0. The molecule has 6 heteroatoms. The standard InChI is InChI=1S/C6H5F2NO3/c1-6(7,8)3-2-12-4(9-3)5(10)11/h2H,1H3,(H,10,11). The van der Waals surface area contributed by atoms with Crippen molar-refractivity contribution in [1.29, 1.82) is 0 Å². The van der Waals surface area contributed by atoms with Crippen LogP contribution in [0.25, 0.3) is 0 Å². The first kappa shape index (κ1) is 8.63. The van der Waals surface area contributed by atoms with E-state index in [0.29, 0.717) is 13.2 Å². The molecule has 0 spiro atoms. The Bertz CT molecular complexity index is 302. The summed E-state index contributed by atoms with van der Waals surface area (Å²) in [5.41, 5.74) is -0.681. The van der Waals surface area contributed by atoms with Gasteiger partial charge in [-0.3, -0.25) is 0 Å². The van der Waals surface area contributed by atoms with Gasteiger partial charge in [0.2, 0.25) is 0 Å². The van der Waals surface area contributed by atoms with Gasteiger partial charge in [-0.05, 0) is 0 Å². The van der Waals surface area contributed by atoms with Crippen LogP contribution in [0.15, 0.2) is 10.7 Å². The Morgan fingerprint density at radius 1 is 1.75 bits per heavy atom. The van der Waals surface area contributed by atoms with Gasteiger partial charge in [-0.25, -0.2) is 9.78 Å². The second kappa shape index (κ2) is 2.54. The van der Waals surface area contributed by atoms with Crippen LogP contribution in [0.5, 0.6) is 0 Å². The van der Waals surface area contributed by atoms with Crippen molar-refractivity contribution in [2.75, 3.05) is 0 Å². The Morgan fingerprint density at radius 3 is 2.58 bits per heavy atom. The molecule has 66 valence electrons. The lowest BCUT2D eigenvalue weighted by Gasteiger charge is -2.02. The molecule has 0 aliphatic carbocycles. The molecule has 1 aromatic rings. The van der Waals surface area contributed by atoms with Crippen molar-refractivity contribution in [3.63, 3.8) is 0 Å². The Hall–Kier alpha value is -1.46. The van der Waals surface area contributed by atoms with Gasteiger partial charge >= 0.3 is 11.9 Å². The largest absolute Gasteiger partial charge is 0.474 e. The first-order valence-corrected chi connectivity index (χ1v) is 2.98. The maximum Gasteiger partial charge on any atom is 0.392 e. The van der Waals surface area contributed by atoms with Gasteiger partial charge in [0.25, 0.3) is 5.92 Å². The number of nitrogens with zero attached hydrogens (tertiary/aromatic N) is 1. The average Bonchev–Trinajstić information content (AvgIpc) is 2.30. The number of alkyl halides is 2. The zero-order valence-corrected chi connectivity index (χ0v) is 6.04. The molecule has 1 N–H and O–H groups in total. The Labute approximate surface area is 65.8 Å². The molecule has 0 unspecified atom stereocenters. The van der Waals surface area contributed by atoms with E-state index < -0.39 is 23.5 Å². The highest BCUT2D eigenvalue weighted by molar-refractivity contribution is 5.82. The minimum atomic E-state index is -3.17. The number of hydrogen-bond acceptors (Lipinski definition) is 3. The molecule has 0 atom stereocenters. The number of carbonyl (C=O) groups is 1. The summed E-state index contributed by atoms with van der Waals surface area (Å²) in [6, 6.07) is 0. The van der Waals surface area contributed by atoms with E-state index in [2.05, 4.69) is 9.40 Å². The quantitative estimate of drug-likeness (QED) is 0.743. The number of hydrogen-bond donors (Lipinski definition) is 1. The fraction of sp³-hybridized carbons (Fsp3) is 0.333. The molecule has 0 saturated heterocycles. The molecule has 1 rings (SSSR count). The van der Waals surface area contributed by atoms with Crippen LogP contribution in [0.1, 0.15) is 23.3 Å². The van der Waals surface area contributed by atoms with Crippen LogP contribution in [0, 0.1) is 0 Å². The predicted molar refractivity (Wildman–Crippen MR) is 33.0 cm³/mol. The van der Waals surface area contributed by atoms with E-state index in [9.17, 15) is 13.6 Å². The maximum absolute atomic E-state index is 12.4. The predicted octanol–water partition coefficient (Wildman–Crippen LogP) is 1.48. The lowest BCUT2D eigenvalue weighted by atomic mass is 10.3. The molecule has 1 heterocycles. The summed E-state index contributed by atoms with van der Waals surface area (Å²) >= 11 is 0. The van der Waals surface area contributed by atoms with Crippen LogP contribution < -0.4 is 0 Å². The molecule has 0 bridgehead atoms. The molecule has 0 amide bonds.